The van der Waals surface area contributed by atoms with Gasteiger partial charge in [-0.05, 0) is 29.1 Å². The summed E-state index contributed by atoms with van der Waals surface area (Å²) in [4.78, 5) is 27.3. The van der Waals surface area contributed by atoms with Gasteiger partial charge in [0.2, 0.25) is 12.7 Å². The lowest BCUT2D eigenvalue weighted by atomic mass is 10.0. The molecule has 3 amide bonds. The molecule has 0 radical (unpaired) electrons. The SMILES string of the molecule is CN(C(=O)C(Cc1ccccc1)NC(=O)NS(=O)(=O)c1cccs1)c1ccc2c(c1)OCO2. The highest BCUT2D eigenvalue weighted by molar-refractivity contribution is 7.92. The van der Waals surface area contributed by atoms with Crippen LogP contribution >= 0.6 is 11.3 Å². The van der Waals surface area contributed by atoms with Crippen molar-refractivity contribution < 1.29 is 27.5 Å². The van der Waals surface area contributed by atoms with Crippen molar-refractivity contribution in [1.82, 2.24) is 10.0 Å². The van der Waals surface area contributed by atoms with Crippen LogP contribution in [0.15, 0.2) is 70.3 Å². The van der Waals surface area contributed by atoms with Gasteiger partial charge in [-0.1, -0.05) is 36.4 Å². The molecular formula is C22H21N3O6S2. The van der Waals surface area contributed by atoms with Crippen LogP contribution in [0.4, 0.5) is 10.5 Å². The van der Waals surface area contributed by atoms with Crippen LogP contribution < -0.4 is 24.4 Å². The molecule has 172 valence electrons. The van der Waals surface area contributed by atoms with Gasteiger partial charge in [0.15, 0.2) is 11.5 Å². The molecule has 1 atom stereocenters. The number of thiophene rings is 1. The predicted octanol–water partition coefficient (Wildman–Crippen LogP) is 2.74. The van der Waals surface area contributed by atoms with E-state index in [4.69, 9.17) is 9.47 Å². The first-order chi connectivity index (χ1) is 15.8. The normalized spacial score (nSPS) is 13.2. The number of carbonyl (C=O) groups is 2. The van der Waals surface area contributed by atoms with Crippen molar-refractivity contribution in [1.29, 1.82) is 0 Å². The van der Waals surface area contributed by atoms with Crippen LogP contribution in [0.5, 0.6) is 11.5 Å². The largest absolute Gasteiger partial charge is 0.454 e. The summed E-state index contributed by atoms with van der Waals surface area (Å²) < 4.78 is 37.4. The number of fused-ring (bicyclic) bond motifs is 1. The zero-order valence-electron chi connectivity index (χ0n) is 17.6. The molecule has 0 fully saturated rings. The second-order valence-corrected chi connectivity index (χ2v) is 10.0. The minimum Gasteiger partial charge on any atom is -0.454 e. The number of nitrogens with one attached hydrogen (secondary N) is 2. The second-order valence-electron chi connectivity index (χ2n) is 7.19. The minimum atomic E-state index is -4.04. The number of anilines is 1. The Bertz CT molecular complexity index is 1250. The van der Waals surface area contributed by atoms with Gasteiger partial charge in [0, 0.05) is 25.2 Å². The summed E-state index contributed by atoms with van der Waals surface area (Å²) in [6.07, 6.45) is 0.168. The summed E-state index contributed by atoms with van der Waals surface area (Å²) in [7, 11) is -2.47. The molecule has 3 aromatic rings. The Morgan fingerprint density at radius 1 is 1.06 bits per heavy atom. The van der Waals surface area contributed by atoms with E-state index in [1.165, 1.54) is 11.0 Å². The maximum absolute atomic E-state index is 13.3. The number of hydrogen-bond donors (Lipinski definition) is 2. The molecular weight excluding hydrogens is 466 g/mol. The first-order valence-corrected chi connectivity index (χ1v) is 12.3. The third-order valence-electron chi connectivity index (χ3n) is 4.95. The van der Waals surface area contributed by atoms with E-state index >= 15 is 0 Å². The summed E-state index contributed by atoms with van der Waals surface area (Å²) >= 11 is 0.984. The second kappa shape index (κ2) is 9.51. The van der Waals surface area contributed by atoms with Gasteiger partial charge in [-0.2, -0.15) is 0 Å². The molecule has 2 N–H and O–H groups in total. The Labute approximate surface area is 195 Å². The molecule has 0 bridgehead atoms. The number of carbonyl (C=O) groups excluding carboxylic acids is 2. The number of sulfonamides is 1. The van der Waals surface area contributed by atoms with E-state index in [-0.39, 0.29) is 17.4 Å². The number of amides is 3. The van der Waals surface area contributed by atoms with Gasteiger partial charge in [-0.3, -0.25) is 4.79 Å². The first kappa shape index (κ1) is 22.6. The Kier molecular flexibility index (Phi) is 6.52. The number of rotatable bonds is 7. The van der Waals surface area contributed by atoms with Gasteiger partial charge in [0.25, 0.3) is 10.0 Å². The van der Waals surface area contributed by atoms with Crippen molar-refractivity contribution in [3.8, 4) is 11.5 Å². The maximum atomic E-state index is 13.3. The monoisotopic (exact) mass is 487 g/mol. The molecule has 2 aromatic carbocycles. The molecule has 0 spiro atoms. The fourth-order valence-electron chi connectivity index (χ4n) is 3.28. The molecule has 1 unspecified atom stereocenters. The van der Waals surface area contributed by atoms with Crippen molar-refractivity contribution in [3.63, 3.8) is 0 Å². The van der Waals surface area contributed by atoms with E-state index in [9.17, 15) is 18.0 Å². The number of hydrogen-bond acceptors (Lipinski definition) is 7. The van der Waals surface area contributed by atoms with Crippen molar-refractivity contribution >= 4 is 39.0 Å². The predicted molar refractivity (Wildman–Crippen MR) is 123 cm³/mol. The Morgan fingerprint density at radius 3 is 2.55 bits per heavy atom. The first-order valence-electron chi connectivity index (χ1n) is 9.91. The van der Waals surface area contributed by atoms with Crippen LogP contribution in [0.3, 0.4) is 0 Å². The number of benzene rings is 2. The van der Waals surface area contributed by atoms with Crippen LogP contribution in [0.2, 0.25) is 0 Å². The standard InChI is InChI=1S/C22H21N3O6S2/c1-25(16-9-10-18-19(13-16)31-14-30-18)21(26)17(12-15-6-3-2-4-7-15)23-22(27)24-33(28,29)20-8-5-11-32-20/h2-11,13,17H,12,14H2,1H3,(H2,23,24,27). The lowest BCUT2D eigenvalue weighted by Crippen LogP contribution is -2.52. The van der Waals surface area contributed by atoms with E-state index in [0.717, 1.165) is 16.9 Å². The minimum absolute atomic E-state index is 0.000985. The zero-order valence-corrected chi connectivity index (χ0v) is 19.2. The molecule has 4 rings (SSSR count). The van der Waals surface area contributed by atoms with Crippen LogP contribution in [0.25, 0.3) is 0 Å². The average molecular weight is 488 g/mol. The summed E-state index contributed by atoms with van der Waals surface area (Å²) in [5.41, 5.74) is 1.34. The molecule has 1 aromatic heterocycles. The van der Waals surface area contributed by atoms with Gasteiger partial charge < -0.3 is 19.7 Å². The quantitative estimate of drug-likeness (QED) is 0.530. The van der Waals surface area contributed by atoms with Crippen LogP contribution in [-0.2, 0) is 21.2 Å². The zero-order chi connectivity index (χ0) is 23.4. The molecule has 33 heavy (non-hydrogen) atoms. The van der Waals surface area contributed by atoms with Crippen LogP contribution in [0, 0.1) is 0 Å². The third-order valence-corrected chi connectivity index (χ3v) is 7.68. The van der Waals surface area contributed by atoms with Gasteiger partial charge in [-0.15, -0.1) is 11.3 Å². The van der Waals surface area contributed by atoms with Gasteiger partial charge in [0.1, 0.15) is 10.3 Å². The number of likely N-dealkylation sites (N-methyl/N-ethyl adjacent to an activating group) is 1. The Hall–Kier alpha value is -3.57. The molecule has 11 heteroatoms. The molecule has 9 nitrogen and oxygen atoms in total. The molecule has 0 saturated heterocycles. The van der Waals surface area contributed by atoms with E-state index in [2.05, 4.69) is 5.32 Å². The third kappa shape index (κ3) is 5.26. The van der Waals surface area contributed by atoms with E-state index < -0.39 is 28.0 Å². The Morgan fingerprint density at radius 2 is 1.82 bits per heavy atom. The number of nitrogens with zero attached hydrogens (tertiary/aromatic N) is 1. The molecule has 0 saturated carbocycles. The fraction of sp³-hybridized carbons (Fsp3) is 0.182. The topological polar surface area (TPSA) is 114 Å². The van der Waals surface area contributed by atoms with Gasteiger partial charge in [0.05, 0.1) is 0 Å². The number of ether oxygens (including phenoxy) is 2. The highest BCUT2D eigenvalue weighted by Gasteiger charge is 2.28. The van der Waals surface area contributed by atoms with E-state index in [0.29, 0.717) is 17.2 Å². The van der Waals surface area contributed by atoms with E-state index in [1.54, 1.807) is 36.7 Å². The summed E-state index contributed by atoms with van der Waals surface area (Å²) in [6, 6.07) is 15.1. The van der Waals surface area contributed by atoms with Crippen LogP contribution in [0.1, 0.15) is 5.56 Å². The van der Waals surface area contributed by atoms with Crippen molar-refractivity contribution in [2.24, 2.45) is 0 Å². The average Bonchev–Trinajstić information content (AvgIpc) is 3.50. The van der Waals surface area contributed by atoms with Gasteiger partial charge in [-0.25, -0.2) is 17.9 Å². The Balaban J connectivity index is 1.53. The maximum Gasteiger partial charge on any atom is 0.329 e. The van der Waals surface area contributed by atoms with E-state index in [1.807, 2.05) is 35.1 Å². The van der Waals surface area contributed by atoms with Gasteiger partial charge >= 0.3 is 6.03 Å². The summed E-state index contributed by atoms with van der Waals surface area (Å²) in [5, 5.41) is 4.11. The molecule has 1 aliphatic heterocycles. The summed E-state index contributed by atoms with van der Waals surface area (Å²) in [5.74, 6) is 0.664. The summed E-state index contributed by atoms with van der Waals surface area (Å²) in [6.45, 7) is 0.105. The highest BCUT2D eigenvalue weighted by Crippen LogP contribution is 2.35. The van der Waals surface area contributed by atoms with Crippen molar-refractivity contribution in [2.45, 2.75) is 16.7 Å². The molecule has 0 aliphatic carbocycles. The highest BCUT2D eigenvalue weighted by atomic mass is 32.2. The molecule has 1 aliphatic rings. The lowest BCUT2D eigenvalue weighted by Gasteiger charge is -2.25. The van der Waals surface area contributed by atoms with Crippen molar-refractivity contribution in [2.75, 3.05) is 18.7 Å². The van der Waals surface area contributed by atoms with Crippen molar-refractivity contribution in [3.05, 3.63) is 71.6 Å². The lowest BCUT2D eigenvalue weighted by molar-refractivity contribution is -0.120. The van der Waals surface area contributed by atoms with Crippen LogP contribution in [-0.4, -0.2) is 40.2 Å². The molecule has 2 heterocycles. The smallest absolute Gasteiger partial charge is 0.329 e. The fourth-order valence-corrected chi connectivity index (χ4v) is 5.19. The number of urea groups is 1.